The summed E-state index contributed by atoms with van der Waals surface area (Å²) in [4.78, 5) is 44.7. The summed E-state index contributed by atoms with van der Waals surface area (Å²) in [6.45, 7) is 6.55. The highest BCUT2D eigenvalue weighted by Crippen LogP contribution is 2.59. The number of hydrogen-bond donors (Lipinski definition) is 1. The number of aliphatic hydroxyl groups is 1. The first-order valence-electron chi connectivity index (χ1n) is 13.6. The second kappa shape index (κ2) is 10.9. The number of aliphatic hydroxyl groups excluding tert-OH is 1. The summed E-state index contributed by atoms with van der Waals surface area (Å²) >= 11 is 0. The number of carbonyl (C=O) groups is 3. The molecule has 0 aromatic heterocycles. The third-order valence-corrected chi connectivity index (χ3v) is 8.27. The van der Waals surface area contributed by atoms with Crippen LogP contribution in [0.25, 0.3) is 10.8 Å². The maximum atomic E-state index is 14.5. The third kappa shape index (κ3) is 4.29. The van der Waals surface area contributed by atoms with Crippen molar-refractivity contribution in [2.45, 2.75) is 56.8 Å². The minimum absolute atomic E-state index is 0.0771. The summed E-state index contributed by atoms with van der Waals surface area (Å²) < 4.78 is 11.8. The molecule has 8 nitrogen and oxygen atoms in total. The molecule has 2 amide bonds. The minimum Gasteiger partial charge on any atom is -0.466 e. The fraction of sp³-hybridized carbons (Fsp3) is 0.500. The van der Waals surface area contributed by atoms with Crippen LogP contribution in [0.15, 0.2) is 55.1 Å². The molecule has 3 aliphatic rings. The van der Waals surface area contributed by atoms with Crippen LogP contribution in [0.1, 0.15) is 39.0 Å². The number of esters is 1. The SMILES string of the molecule is C=CCN(C(=O)[C@@H]1N(CCCCCO)C(=O)[C@H]2[C@H](C(=O)OCC)[C@@H]3CC[C@]12O3)c1ccc2ccccc2c1. The molecule has 0 radical (unpaired) electrons. The van der Waals surface area contributed by atoms with Gasteiger partial charge in [0, 0.05) is 25.4 Å². The summed E-state index contributed by atoms with van der Waals surface area (Å²) in [7, 11) is 0. The van der Waals surface area contributed by atoms with Crippen LogP contribution in [-0.2, 0) is 23.9 Å². The molecule has 3 aliphatic heterocycles. The number of ether oxygens (including phenoxy) is 2. The van der Waals surface area contributed by atoms with Crippen molar-refractivity contribution < 1.29 is 29.0 Å². The number of amides is 2. The van der Waals surface area contributed by atoms with Gasteiger partial charge in [-0.3, -0.25) is 14.4 Å². The quantitative estimate of drug-likeness (QED) is 0.277. The third-order valence-electron chi connectivity index (χ3n) is 8.27. The van der Waals surface area contributed by atoms with Crippen LogP contribution in [0.5, 0.6) is 0 Å². The summed E-state index contributed by atoms with van der Waals surface area (Å²) in [6, 6.07) is 13.0. The van der Waals surface area contributed by atoms with E-state index in [1.807, 2.05) is 42.5 Å². The van der Waals surface area contributed by atoms with Gasteiger partial charge in [0.15, 0.2) is 0 Å². The number of benzene rings is 2. The van der Waals surface area contributed by atoms with E-state index in [0.717, 1.165) is 22.9 Å². The van der Waals surface area contributed by atoms with Gasteiger partial charge in [-0.05, 0) is 61.9 Å². The van der Waals surface area contributed by atoms with E-state index in [1.165, 1.54) is 0 Å². The standard InChI is InChI=1S/C30H36N2O6/c1-3-16-31(22-13-12-20-10-6-7-11-21(20)19-22)28(35)26-30-15-14-23(38-30)24(29(36)37-4-2)25(30)27(34)32(26)17-8-5-9-18-33/h3,6-7,10-13,19,23-26,33H,1,4-5,8-9,14-18H2,2H3/t23-,24+,25+,26-,30+/m0/s1. The number of unbranched alkanes of at least 4 members (excludes halogenated alkanes) is 2. The Morgan fingerprint density at radius 1 is 1.21 bits per heavy atom. The lowest BCUT2D eigenvalue weighted by Crippen LogP contribution is -2.56. The van der Waals surface area contributed by atoms with Crippen molar-refractivity contribution in [2.24, 2.45) is 11.8 Å². The molecule has 38 heavy (non-hydrogen) atoms. The highest BCUT2D eigenvalue weighted by molar-refractivity contribution is 6.05. The summed E-state index contributed by atoms with van der Waals surface area (Å²) in [5.74, 6) is -2.33. The lowest BCUT2D eigenvalue weighted by Gasteiger charge is -2.37. The fourth-order valence-corrected chi connectivity index (χ4v) is 6.69. The Bertz CT molecular complexity index is 1230. The molecule has 1 spiro atoms. The van der Waals surface area contributed by atoms with Crippen molar-refractivity contribution in [1.82, 2.24) is 4.90 Å². The van der Waals surface area contributed by atoms with Crippen molar-refractivity contribution in [3.05, 3.63) is 55.1 Å². The highest BCUT2D eigenvalue weighted by Gasteiger charge is 2.75. The van der Waals surface area contributed by atoms with Gasteiger partial charge in [-0.25, -0.2) is 0 Å². The smallest absolute Gasteiger partial charge is 0.312 e. The van der Waals surface area contributed by atoms with E-state index >= 15 is 0 Å². The average Bonchev–Trinajstić information content (AvgIpc) is 3.57. The Hall–Kier alpha value is -3.23. The molecule has 0 unspecified atom stereocenters. The van der Waals surface area contributed by atoms with Gasteiger partial charge in [-0.15, -0.1) is 6.58 Å². The Balaban J connectivity index is 1.53. The molecular weight excluding hydrogens is 484 g/mol. The van der Waals surface area contributed by atoms with Crippen LogP contribution in [0.4, 0.5) is 5.69 Å². The van der Waals surface area contributed by atoms with E-state index in [2.05, 4.69) is 6.58 Å². The van der Waals surface area contributed by atoms with Crippen molar-refractivity contribution in [1.29, 1.82) is 0 Å². The van der Waals surface area contributed by atoms with E-state index in [4.69, 9.17) is 9.47 Å². The predicted octanol–water partition coefficient (Wildman–Crippen LogP) is 3.46. The van der Waals surface area contributed by atoms with Crippen LogP contribution < -0.4 is 4.90 Å². The van der Waals surface area contributed by atoms with Gasteiger partial charge >= 0.3 is 5.97 Å². The number of likely N-dealkylation sites (tertiary alicyclic amines) is 1. The van der Waals surface area contributed by atoms with Crippen molar-refractivity contribution in [3.63, 3.8) is 0 Å². The molecule has 5 atom stereocenters. The molecular formula is C30H36N2O6. The first-order chi connectivity index (χ1) is 18.5. The Labute approximate surface area is 223 Å². The molecule has 2 aromatic carbocycles. The molecule has 8 heteroatoms. The van der Waals surface area contributed by atoms with E-state index < -0.39 is 35.6 Å². The largest absolute Gasteiger partial charge is 0.466 e. The molecule has 3 saturated heterocycles. The molecule has 2 aromatic rings. The molecule has 5 rings (SSSR count). The van der Waals surface area contributed by atoms with Gasteiger partial charge in [0.25, 0.3) is 5.91 Å². The highest BCUT2D eigenvalue weighted by atomic mass is 16.6. The van der Waals surface area contributed by atoms with Crippen LogP contribution in [0.3, 0.4) is 0 Å². The summed E-state index contributed by atoms with van der Waals surface area (Å²) in [5.41, 5.74) is -0.348. The molecule has 0 aliphatic carbocycles. The molecule has 202 valence electrons. The Morgan fingerprint density at radius 3 is 2.74 bits per heavy atom. The monoisotopic (exact) mass is 520 g/mol. The second-order valence-corrected chi connectivity index (χ2v) is 10.4. The lowest BCUT2D eigenvalue weighted by molar-refractivity contribution is -0.154. The average molecular weight is 521 g/mol. The second-order valence-electron chi connectivity index (χ2n) is 10.4. The van der Waals surface area contributed by atoms with Gasteiger partial charge in [-0.1, -0.05) is 36.4 Å². The number of fused-ring (bicyclic) bond motifs is 2. The number of anilines is 1. The van der Waals surface area contributed by atoms with Gasteiger partial charge < -0.3 is 24.4 Å². The first-order valence-corrected chi connectivity index (χ1v) is 13.6. The maximum absolute atomic E-state index is 14.5. The Morgan fingerprint density at radius 2 is 2.00 bits per heavy atom. The Kier molecular flexibility index (Phi) is 7.54. The van der Waals surface area contributed by atoms with Crippen LogP contribution in [0.2, 0.25) is 0 Å². The lowest BCUT2D eigenvalue weighted by atomic mass is 9.70. The number of nitrogens with zero attached hydrogens (tertiary/aromatic N) is 2. The van der Waals surface area contributed by atoms with Gasteiger partial charge in [0.05, 0.1) is 24.5 Å². The maximum Gasteiger partial charge on any atom is 0.312 e. The predicted molar refractivity (Wildman–Crippen MR) is 143 cm³/mol. The van der Waals surface area contributed by atoms with E-state index in [-0.39, 0.29) is 31.6 Å². The van der Waals surface area contributed by atoms with Crippen LogP contribution in [0, 0.1) is 11.8 Å². The zero-order valence-corrected chi connectivity index (χ0v) is 21.9. The number of hydrogen-bond acceptors (Lipinski definition) is 6. The van der Waals surface area contributed by atoms with Crippen LogP contribution in [-0.4, -0.2) is 71.8 Å². The molecule has 3 fully saturated rings. The first kappa shape index (κ1) is 26.4. The number of rotatable bonds is 11. The van der Waals surface area contributed by atoms with Gasteiger partial charge in [0.1, 0.15) is 11.6 Å². The summed E-state index contributed by atoms with van der Waals surface area (Å²) in [5, 5.41) is 11.3. The normalized spacial score (nSPS) is 27.5. The summed E-state index contributed by atoms with van der Waals surface area (Å²) in [6.07, 6.45) is 4.38. The van der Waals surface area contributed by atoms with E-state index in [1.54, 1.807) is 22.8 Å². The molecule has 0 saturated carbocycles. The fourth-order valence-electron chi connectivity index (χ4n) is 6.69. The van der Waals surface area contributed by atoms with Crippen molar-refractivity contribution in [3.8, 4) is 0 Å². The topological polar surface area (TPSA) is 96.4 Å². The van der Waals surface area contributed by atoms with Gasteiger partial charge in [0.2, 0.25) is 5.91 Å². The zero-order chi connectivity index (χ0) is 26.9. The zero-order valence-electron chi connectivity index (χ0n) is 21.9. The van der Waals surface area contributed by atoms with Crippen molar-refractivity contribution in [2.75, 3.05) is 31.2 Å². The van der Waals surface area contributed by atoms with Crippen molar-refractivity contribution >= 4 is 34.2 Å². The van der Waals surface area contributed by atoms with E-state index in [9.17, 15) is 19.5 Å². The van der Waals surface area contributed by atoms with E-state index in [0.29, 0.717) is 32.2 Å². The van der Waals surface area contributed by atoms with Gasteiger partial charge in [-0.2, -0.15) is 0 Å². The molecule has 2 bridgehead atoms. The molecule has 1 N–H and O–H groups in total. The molecule has 3 heterocycles. The minimum atomic E-state index is -1.07. The van der Waals surface area contributed by atoms with Crippen LogP contribution >= 0.6 is 0 Å². The number of carbonyl (C=O) groups excluding carboxylic acids is 3.